The first kappa shape index (κ1) is 23.9. The highest BCUT2D eigenvalue weighted by Crippen LogP contribution is 2.36. The first-order valence-corrected chi connectivity index (χ1v) is 10.5. The number of hydrogen-bond acceptors (Lipinski definition) is 5. The van der Waals surface area contributed by atoms with Crippen molar-refractivity contribution < 1.29 is 19.0 Å². The van der Waals surface area contributed by atoms with Crippen molar-refractivity contribution in [2.45, 2.75) is 52.3 Å². The summed E-state index contributed by atoms with van der Waals surface area (Å²) in [6.07, 6.45) is 0.427. The first-order chi connectivity index (χ1) is 14.2. The Bertz CT molecular complexity index is 764. The fraction of sp³-hybridized carbons (Fsp3) is 0.619. The van der Waals surface area contributed by atoms with Gasteiger partial charge in [-0.3, -0.25) is 4.99 Å². The highest BCUT2D eigenvalue weighted by atomic mass is 35.5. The van der Waals surface area contributed by atoms with E-state index in [1.807, 2.05) is 39.8 Å². The Kier molecular flexibility index (Phi) is 8.46. The number of ether oxygens (including phenoxy) is 3. The van der Waals surface area contributed by atoms with Gasteiger partial charge in [-0.2, -0.15) is 0 Å². The third-order valence-electron chi connectivity index (χ3n) is 4.45. The normalized spacial score (nSPS) is 17.0. The molecule has 1 saturated heterocycles. The molecule has 0 aromatic heterocycles. The van der Waals surface area contributed by atoms with Crippen molar-refractivity contribution >= 4 is 23.7 Å². The summed E-state index contributed by atoms with van der Waals surface area (Å²) < 4.78 is 16.3. The van der Waals surface area contributed by atoms with Gasteiger partial charge in [0.15, 0.2) is 17.5 Å². The molecule has 0 radical (unpaired) electrons. The van der Waals surface area contributed by atoms with Gasteiger partial charge < -0.3 is 29.7 Å². The number of carbonyl (C=O) groups is 1. The number of nitrogens with one attached hydrogen (secondary N) is 2. The number of nitrogens with zero attached hydrogens (tertiary/aromatic N) is 2. The lowest BCUT2D eigenvalue weighted by atomic mass is 10.2. The van der Waals surface area contributed by atoms with Gasteiger partial charge in [-0.1, -0.05) is 11.6 Å². The van der Waals surface area contributed by atoms with E-state index in [0.29, 0.717) is 36.2 Å². The molecular formula is C21H33ClN4O4. The zero-order chi connectivity index (χ0) is 22.3. The molecule has 1 aromatic rings. The van der Waals surface area contributed by atoms with Crippen molar-refractivity contribution in [2.24, 2.45) is 4.99 Å². The third-order valence-corrected chi connectivity index (χ3v) is 4.73. The largest absolute Gasteiger partial charge is 0.493 e. The highest BCUT2D eigenvalue weighted by Gasteiger charge is 2.27. The predicted octanol–water partition coefficient (Wildman–Crippen LogP) is 3.42. The van der Waals surface area contributed by atoms with Crippen LogP contribution < -0.4 is 20.1 Å². The third kappa shape index (κ3) is 6.86. The summed E-state index contributed by atoms with van der Waals surface area (Å²) in [4.78, 5) is 18.5. The standard InChI is InChI=1S/C21H33ClN4O4/c1-7-29-18-16(22)10-14(11-17(18)28-6)12-24-19(23-5)26-9-8-15(13-26)25-20(27)30-21(2,3)4/h10-11,15H,7-9,12-13H2,1-6H3,(H,23,24)(H,25,27). The van der Waals surface area contributed by atoms with Crippen LogP contribution in [-0.4, -0.2) is 62.4 Å². The van der Waals surface area contributed by atoms with E-state index in [0.717, 1.165) is 24.5 Å². The number of carbonyl (C=O) groups excluding carboxylic acids is 1. The molecule has 8 nitrogen and oxygen atoms in total. The van der Waals surface area contributed by atoms with Gasteiger partial charge in [0.05, 0.1) is 24.8 Å². The number of benzene rings is 1. The van der Waals surface area contributed by atoms with Crippen LogP contribution in [0.4, 0.5) is 4.79 Å². The number of hydrogen-bond donors (Lipinski definition) is 2. The van der Waals surface area contributed by atoms with Gasteiger partial charge in [-0.05, 0) is 51.8 Å². The van der Waals surface area contributed by atoms with E-state index < -0.39 is 11.7 Å². The summed E-state index contributed by atoms with van der Waals surface area (Å²) in [7, 11) is 3.33. The quantitative estimate of drug-likeness (QED) is 0.520. The zero-order valence-corrected chi connectivity index (χ0v) is 19.4. The number of methoxy groups -OCH3 is 1. The predicted molar refractivity (Wildman–Crippen MR) is 119 cm³/mol. The average Bonchev–Trinajstić information content (AvgIpc) is 3.10. The molecule has 9 heteroatoms. The van der Waals surface area contributed by atoms with Crippen LogP contribution in [0.15, 0.2) is 17.1 Å². The molecule has 1 amide bonds. The van der Waals surface area contributed by atoms with Gasteiger partial charge >= 0.3 is 6.09 Å². The van der Waals surface area contributed by atoms with Crippen molar-refractivity contribution in [1.82, 2.24) is 15.5 Å². The second kappa shape index (κ2) is 10.6. The number of alkyl carbamates (subject to hydrolysis) is 1. The van der Waals surface area contributed by atoms with Crippen LogP contribution in [0.1, 0.15) is 39.7 Å². The maximum atomic E-state index is 12.0. The van der Waals surface area contributed by atoms with Crippen molar-refractivity contribution in [3.63, 3.8) is 0 Å². The number of rotatable bonds is 6. The number of likely N-dealkylation sites (tertiary alicyclic amines) is 1. The summed E-state index contributed by atoms with van der Waals surface area (Å²) in [6.45, 7) is 9.92. The SMILES string of the molecule is CCOc1c(Cl)cc(CNC(=NC)N2CCC(NC(=O)OC(C)(C)C)C2)cc1OC. The molecule has 2 N–H and O–H groups in total. The van der Waals surface area contributed by atoms with Crippen molar-refractivity contribution in [2.75, 3.05) is 33.9 Å². The summed E-state index contributed by atoms with van der Waals surface area (Å²) >= 11 is 6.36. The Morgan fingerprint density at radius 1 is 1.37 bits per heavy atom. The summed E-state index contributed by atoms with van der Waals surface area (Å²) in [5, 5.41) is 6.78. The fourth-order valence-electron chi connectivity index (χ4n) is 3.22. The van der Waals surface area contributed by atoms with Crippen LogP contribution in [-0.2, 0) is 11.3 Å². The van der Waals surface area contributed by atoms with E-state index in [-0.39, 0.29) is 6.04 Å². The molecule has 168 valence electrons. The number of guanidine groups is 1. The monoisotopic (exact) mass is 440 g/mol. The molecular weight excluding hydrogens is 408 g/mol. The lowest BCUT2D eigenvalue weighted by Gasteiger charge is -2.23. The van der Waals surface area contributed by atoms with Gasteiger partial charge in [0.2, 0.25) is 0 Å². The number of aliphatic imine (C=N–C) groups is 1. The Labute approximate surface area is 183 Å². The fourth-order valence-corrected chi connectivity index (χ4v) is 3.51. The minimum Gasteiger partial charge on any atom is -0.493 e. The van der Waals surface area contributed by atoms with Gasteiger partial charge in [-0.25, -0.2) is 4.79 Å². The van der Waals surface area contributed by atoms with Crippen LogP contribution in [0.3, 0.4) is 0 Å². The summed E-state index contributed by atoms with van der Waals surface area (Å²) in [6, 6.07) is 3.76. The Hall–Kier alpha value is -2.35. The van der Waals surface area contributed by atoms with E-state index in [9.17, 15) is 4.79 Å². The van der Waals surface area contributed by atoms with E-state index in [2.05, 4.69) is 20.5 Å². The Morgan fingerprint density at radius 2 is 2.10 bits per heavy atom. The van der Waals surface area contributed by atoms with Crippen LogP contribution in [0.25, 0.3) is 0 Å². The van der Waals surface area contributed by atoms with Gasteiger partial charge in [0, 0.05) is 26.7 Å². The molecule has 1 aliphatic heterocycles. The Balaban J connectivity index is 1.94. The van der Waals surface area contributed by atoms with Crippen molar-refractivity contribution in [3.8, 4) is 11.5 Å². The molecule has 1 aliphatic rings. The van der Waals surface area contributed by atoms with Crippen molar-refractivity contribution in [3.05, 3.63) is 22.7 Å². The minimum absolute atomic E-state index is 0.0124. The molecule has 1 fully saturated rings. The molecule has 0 aliphatic carbocycles. The van der Waals surface area contributed by atoms with E-state index in [4.69, 9.17) is 25.8 Å². The van der Waals surface area contributed by atoms with Crippen molar-refractivity contribution in [1.29, 1.82) is 0 Å². The lowest BCUT2D eigenvalue weighted by molar-refractivity contribution is 0.0507. The van der Waals surface area contributed by atoms with Crippen LogP contribution >= 0.6 is 11.6 Å². The molecule has 2 rings (SSSR count). The highest BCUT2D eigenvalue weighted by molar-refractivity contribution is 6.32. The smallest absolute Gasteiger partial charge is 0.407 e. The molecule has 1 aromatic carbocycles. The summed E-state index contributed by atoms with van der Waals surface area (Å²) in [5.41, 5.74) is 0.434. The second-order valence-corrected chi connectivity index (χ2v) is 8.43. The Morgan fingerprint density at radius 3 is 2.70 bits per heavy atom. The zero-order valence-electron chi connectivity index (χ0n) is 18.7. The average molecular weight is 441 g/mol. The van der Waals surface area contributed by atoms with E-state index in [1.165, 1.54) is 0 Å². The molecule has 30 heavy (non-hydrogen) atoms. The van der Waals surface area contributed by atoms with E-state index in [1.54, 1.807) is 14.2 Å². The van der Waals surface area contributed by atoms with Gasteiger partial charge in [0.25, 0.3) is 0 Å². The molecule has 0 saturated carbocycles. The van der Waals surface area contributed by atoms with Crippen LogP contribution in [0.2, 0.25) is 5.02 Å². The molecule has 0 bridgehead atoms. The van der Waals surface area contributed by atoms with Crippen LogP contribution in [0.5, 0.6) is 11.5 Å². The molecule has 1 heterocycles. The summed E-state index contributed by atoms with van der Waals surface area (Å²) in [5.74, 6) is 1.90. The second-order valence-electron chi connectivity index (χ2n) is 8.02. The van der Waals surface area contributed by atoms with Gasteiger partial charge in [-0.15, -0.1) is 0 Å². The van der Waals surface area contributed by atoms with Gasteiger partial charge in [0.1, 0.15) is 5.60 Å². The number of amides is 1. The van der Waals surface area contributed by atoms with Crippen LogP contribution in [0, 0.1) is 0 Å². The minimum atomic E-state index is -0.514. The maximum absolute atomic E-state index is 12.0. The topological polar surface area (TPSA) is 84.4 Å². The molecule has 1 atom stereocenters. The first-order valence-electron chi connectivity index (χ1n) is 10.1. The lowest BCUT2D eigenvalue weighted by Crippen LogP contribution is -2.44. The molecule has 1 unspecified atom stereocenters. The maximum Gasteiger partial charge on any atom is 0.407 e. The molecule has 0 spiro atoms. The number of halogens is 1. The van der Waals surface area contributed by atoms with E-state index >= 15 is 0 Å².